The van der Waals surface area contributed by atoms with Crippen molar-refractivity contribution in [3.8, 4) is 0 Å². The molecule has 2 heterocycles. The lowest BCUT2D eigenvalue weighted by Crippen LogP contribution is -2.46. The first-order chi connectivity index (χ1) is 11.5. The maximum absolute atomic E-state index is 13.2. The van der Waals surface area contributed by atoms with Gasteiger partial charge in [-0.25, -0.2) is 8.42 Å². The fourth-order valence-corrected chi connectivity index (χ4v) is 5.00. The number of primary amides is 1. The molecule has 0 bridgehead atoms. The number of ether oxygens (including phenoxy) is 1. The van der Waals surface area contributed by atoms with Crippen molar-refractivity contribution in [1.82, 2.24) is 0 Å². The van der Waals surface area contributed by atoms with E-state index in [9.17, 15) is 13.2 Å². The predicted molar refractivity (Wildman–Crippen MR) is 87.7 cm³/mol. The van der Waals surface area contributed by atoms with Gasteiger partial charge in [0.15, 0.2) is 0 Å². The summed E-state index contributed by atoms with van der Waals surface area (Å²) in [5.74, 6) is -0.653. The van der Waals surface area contributed by atoms with Crippen LogP contribution in [0.3, 0.4) is 0 Å². The number of rotatable bonds is 3. The number of benzene rings is 2. The molecule has 7 heteroatoms. The largest absolute Gasteiger partial charge is 0.372 e. The van der Waals surface area contributed by atoms with E-state index in [0.29, 0.717) is 25.3 Å². The monoisotopic (exact) mass is 344 g/mol. The minimum Gasteiger partial charge on any atom is -0.372 e. The molecule has 0 aromatic heterocycles. The van der Waals surface area contributed by atoms with Crippen molar-refractivity contribution in [3.63, 3.8) is 0 Å². The molecule has 0 saturated carbocycles. The highest BCUT2D eigenvalue weighted by Crippen LogP contribution is 2.37. The smallest absolute Gasteiger partial charge is 0.265 e. The van der Waals surface area contributed by atoms with Gasteiger partial charge >= 0.3 is 0 Å². The molecule has 124 valence electrons. The molecule has 24 heavy (non-hydrogen) atoms. The number of anilines is 1. The number of hydrogen-bond acceptors (Lipinski definition) is 4. The van der Waals surface area contributed by atoms with Crippen LogP contribution in [0.4, 0.5) is 5.69 Å². The van der Waals surface area contributed by atoms with Crippen LogP contribution in [0.15, 0.2) is 47.4 Å². The second kappa shape index (κ2) is 5.32. The van der Waals surface area contributed by atoms with Gasteiger partial charge in [-0.15, -0.1) is 0 Å². The van der Waals surface area contributed by atoms with Crippen molar-refractivity contribution in [1.29, 1.82) is 0 Å². The Morgan fingerprint density at radius 2 is 1.83 bits per heavy atom. The molecule has 2 N–H and O–H groups in total. The van der Waals surface area contributed by atoms with E-state index in [-0.39, 0.29) is 4.90 Å². The Bertz CT molecular complexity index is 939. The van der Waals surface area contributed by atoms with Crippen LogP contribution in [0.25, 0.3) is 0 Å². The highest BCUT2D eigenvalue weighted by molar-refractivity contribution is 7.93. The van der Waals surface area contributed by atoms with Crippen molar-refractivity contribution in [2.24, 2.45) is 5.73 Å². The highest BCUT2D eigenvalue weighted by Gasteiger charge is 2.41. The lowest BCUT2D eigenvalue weighted by molar-refractivity contribution is -0.118. The zero-order valence-electron chi connectivity index (χ0n) is 12.8. The molecule has 2 aliphatic heterocycles. The molecule has 0 saturated heterocycles. The van der Waals surface area contributed by atoms with Crippen LogP contribution in [0.5, 0.6) is 0 Å². The summed E-state index contributed by atoms with van der Waals surface area (Å²) in [6, 6.07) is 11.1. The maximum atomic E-state index is 13.2. The van der Waals surface area contributed by atoms with Crippen molar-refractivity contribution in [3.05, 3.63) is 59.2 Å². The second-order valence-electron chi connectivity index (χ2n) is 5.98. The van der Waals surface area contributed by atoms with Crippen LogP contribution in [0, 0.1) is 0 Å². The van der Waals surface area contributed by atoms with E-state index in [2.05, 4.69) is 0 Å². The van der Waals surface area contributed by atoms with Gasteiger partial charge in [-0.1, -0.05) is 24.3 Å². The Kier molecular flexibility index (Phi) is 3.36. The van der Waals surface area contributed by atoms with E-state index < -0.39 is 22.0 Å². The van der Waals surface area contributed by atoms with Crippen molar-refractivity contribution >= 4 is 21.6 Å². The van der Waals surface area contributed by atoms with Gasteiger partial charge in [0.25, 0.3) is 10.0 Å². The Hall–Kier alpha value is -2.38. The van der Waals surface area contributed by atoms with Gasteiger partial charge in [-0.3, -0.25) is 9.10 Å². The SMILES string of the molecule is NC(=O)[C@@H]1Cc2ccccc2N1S(=O)(=O)c1ccc2c(c1)COC2. The summed E-state index contributed by atoms with van der Waals surface area (Å²) in [6.45, 7) is 0.890. The highest BCUT2D eigenvalue weighted by atomic mass is 32.2. The minimum absolute atomic E-state index is 0.148. The van der Waals surface area contributed by atoms with Gasteiger partial charge in [0.1, 0.15) is 6.04 Å². The molecular weight excluding hydrogens is 328 g/mol. The number of nitrogens with two attached hydrogens (primary N) is 1. The molecule has 0 aliphatic carbocycles. The Balaban J connectivity index is 1.84. The molecule has 2 aromatic rings. The van der Waals surface area contributed by atoms with E-state index in [0.717, 1.165) is 21.0 Å². The van der Waals surface area contributed by atoms with Crippen molar-refractivity contribution in [2.45, 2.75) is 30.6 Å². The fraction of sp³-hybridized carbons (Fsp3) is 0.235. The molecule has 1 amide bonds. The average Bonchev–Trinajstić information content (AvgIpc) is 3.18. The molecule has 0 unspecified atom stereocenters. The molecule has 6 nitrogen and oxygen atoms in total. The number of carbonyl (C=O) groups is 1. The summed E-state index contributed by atoms with van der Waals surface area (Å²) in [4.78, 5) is 12.0. The number of fused-ring (bicyclic) bond motifs is 2. The maximum Gasteiger partial charge on any atom is 0.265 e. The number of amides is 1. The lowest BCUT2D eigenvalue weighted by Gasteiger charge is -2.25. The van der Waals surface area contributed by atoms with Crippen molar-refractivity contribution < 1.29 is 17.9 Å². The van der Waals surface area contributed by atoms with Gasteiger partial charge in [0, 0.05) is 6.42 Å². The molecule has 2 aliphatic rings. The first-order valence-electron chi connectivity index (χ1n) is 7.59. The Morgan fingerprint density at radius 3 is 2.62 bits per heavy atom. The van der Waals surface area contributed by atoms with E-state index >= 15 is 0 Å². The molecule has 2 aromatic carbocycles. The molecule has 0 spiro atoms. The van der Waals surface area contributed by atoms with Crippen LogP contribution in [-0.2, 0) is 39.2 Å². The van der Waals surface area contributed by atoms with Crippen LogP contribution in [0.2, 0.25) is 0 Å². The summed E-state index contributed by atoms with van der Waals surface area (Å²) >= 11 is 0. The van der Waals surface area contributed by atoms with E-state index in [1.165, 1.54) is 0 Å². The fourth-order valence-electron chi connectivity index (χ4n) is 3.29. The summed E-state index contributed by atoms with van der Waals surface area (Å²) in [6.07, 6.45) is 0.290. The third kappa shape index (κ3) is 2.20. The molecule has 0 radical (unpaired) electrons. The topological polar surface area (TPSA) is 89.7 Å². The third-order valence-electron chi connectivity index (χ3n) is 4.50. The van der Waals surface area contributed by atoms with Crippen LogP contribution in [-0.4, -0.2) is 20.4 Å². The first-order valence-corrected chi connectivity index (χ1v) is 9.04. The quantitative estimate of drug-likeness (QED) is 0.909. The third-order valence-corrected chi connectivity index (χ3v) is 6.32. The lowest BCUT2D eigenvalue weighted by atomic mass is 10.1. The van der Waals surface area contributed by atoms with Crippen LogP contribution < -0.4 is 10.0 Å². The van der Waals surface area contributed by atoms with Gasteiger partial charge in [-0.2, -0.15) is 0 Å². The van der Waals surface area contributed by atoms with Crippen LogP contribution in [0.1, 0.15) is 16.7 Å². The first kappa shape index (κ1) is 15.2. The number of sulfonamides is 1. The van der Waals surface area contributed by atoms with Crippen molar-refractivity contribution in [2.75, 3.05) is 4.31 Å². The molecule has 1 atom stereocenters. The van der Waals surface area contributed by atoms with Crippen LogP contribution >= 0.6 is 0 Å². The zero-order valence-corrected chi connectivity index (χ0v) is 13.6. The van der Waals surface area contributed by atoms with Gasteiger partial charge in [-0.05, 0) is 34.9 Å². The minimum atomic E-state index is -3.89. The summed E-state index contributed by atoms with van der Waals surface area (Å²) in [7, 11) is -3.89. The van der Waals surface area contributed by atoms with E-state index in [1.807, 2.05) is 12.1 Å². The average molecular weight is 344 g/mol. The zero-order chi connectivity index (χ0) is 16.9. The van der Waals surface area contributed by atoms with E-state index in [4.69, 9.17) is 10.5 Å². The molecule has 4 rings (SSSR count). The van der Waals surface area contributed by atoms with Gasteiger partial charge < -0.3 is 10.5 Å². The molecule has 0 fully saturated rings. The Morgan fingerprint density at radius 1 is 1.08 bits per heavy atom. The van der Waals surface area contributed by atoms with Gasteiger partial charge in [0.05, 0.1) is 23.8 Å². The number of carbonyl (C=O) groups excluding carboxylic acids is 1. The second-order valence-corrected chi connectivity index (χ2v) is 7.79. The standard InChI is InChI=1S/C17H16N2O4S/c18-17(20)16-8-11-3-1-2-4-15(11)19(16)24(21,22)14-6-5-12-9-23-10-13(12)7-14/h1-7,16H,8-10H2,(H2,18,20)/t16-/m0/s1. The number of para-hydroxylation sites is 1. The van der Waals surface area contributed by atoms with E-state index in [1.54, 1.807) is 30.3 Å². The summed E-state index contributed by atoms with van der Waals surface area (Å²) < 4.78 is 32.9. The Labute approximate surface area is 139 Å². The predicted octanol–water partition coefficient (Wildman–Crippen LogP) is 1.32. The van der Waals surface area contributed by atoms with Gasteiger partial charge in [0.2, 0.25) is 5.91 Å². The number of nitrogens with zero attached hydrogens (tertiary/aromatic N) is 1. The summed E-state index contributed by atoms with van der Waals surface area (Å²) in [5.41, 5.74) is 8.63. The number of hydrogen-bond donors (Lipinski definition) is 1. The summed E-state index contributed by atoms with van der Waals surface area (Å²) in [5, 5.41) is 0. The normalized spacial score (nSPS) is 19.2. The molecular formula is C17H16N2O4S.